The van der Waals surface area contributed by atoms with Crippen LogP contribution in [0.25, 0.3) is 0 Å². The molecule has 1 N–H and O–H groups in total. The summed E-state index contributed by atoms with van der Waals surface area (Å²) in [6, 6.07) is 10.0. The highest BCUT2D eigenvalue weighted by molar-refractivity contribution is 5.24. The van der Waals surface area contributed by atoms with E-state index in [2.05, 4.69) is 0 Å². The highest BCUT2D eigenvalue weighted by Gasteiger charge is 2.29. The third kappa shape index (κ3) is 3.32. The van der Waals surface area contributed by atoms with E-state index in [0.717, 1.165) is 5.56 Å². The maximum Gasteiger partial charge on any atom is 0.0864 e. The summed E-state index contributed by atoms with van der Waals surface area (Å²) >= 11 is 0. The summed E-state index contributed by atoms with van der Waals surface area (Å²) in [7, 11) is 0. The molecule has 1 rings (SSSR count). The van der Waals surface area contributed by atoms with E-state index in [1.54, 1.807) is 0 Å². The molecule has 0 fully saturated rings. The van der Waals surface area contributed by atoms with E-state index >= 15 is 0 Å². The quantitative estimate of drug-likeness (QED) is 0.830. The summed E-state index contributed by atoms with van der Waals surface area (Å²) in [5.74, 6) is 0. The third-order valence-electron chi connectivity index (χ3n) is 2.94. The van der Waals surface area contributed by atoms with Crippen LogP contribution in [0.15, 0.2) is 30.3 Å². The molecule has 0 spiro atoms. The minimum absolute atomic E-state index is 0.154. The molecule has 0 amide bonds. The molecule has 90 valence electrons. The van der Waals surface area contributed by atoms with Crippen molar-refractivity contribution in [3.63, 3.8) is 0 Å². The van der Waals surface area contributed by atoms with Crippen molar-refractivity contribution in [3.05, 3.63) is 35.9 Å². The number of hydrogen-bond acceptors (Lipinski definition) is 2. The molecule has 0 heterocycles. The second-order valence-corrected chi connectivity index (χ2v) is 4.99. The van der Waals surface area contributed by atoms with Crippen molar-refractivity contribution in [3.8, 4) is 0 Å². The Labute approximate surface area is 98.3 Å². The third-order valence-corrected chi connectivity index (χ3v) is 2.94. The predicted molar refractivity (Wildman–Crippen MR) is 66.6 cm³/mol. The lowest BCUT2D eigenvalue weighted by molar-refractivity contribution is -0.0229. The fraction of sp³-hybridized carbons (Fsp3) is 0.571. The minimum Gasteiger partial charge on any atom is -0.390 e. The smallest absolute Gasteiger partial charge is 0.0864 e. The Morgan fingerprint density at radius 3 is 2.25 bits per heavy atom. The molecule has 0 saturated heterocycles. The van der Waals surface area contributed by atoms with E-state index in [0.29, 0.717) is 6.61 Å². The summed E-state index contributed by atoms with van der Waals surface area (Å²) in [5.41, 5.74) is 0.853. The van der Waals surface area contributed by atoms with Gasteiger partial charge in [0.15, 0.2) is 0 Å². The number of aliphatic hydroxyl groups is 1. The van der Waals surface area contributed by atoms with E-state index < -0.39 is 6.10 Å². The van der Waals surface area contributed by atoms with Crippen LogP contribution in [0.3, 0.4) is 0 Å². The first-order valence-electron chi connectivity index (χ1n) is 5.79. The summed E-state index contributed by atoms with van der Waals surface area (Å²) in [6.45, 7) is 8.40. The maximum absolute atomic E-state index is 10.2. The number of hydrogen-bond donors (Lipinski definition) is 1. The fourth-order valence-electron chi connectivity index (χ4n) is 1.55. The summed E-state index contributed by atoms with van der Waals surface area (Å²) < 4.78 is 5.46. The lowest BCUT2D eigenvalue weighted by atomic mass is 9.79. The molecule has 1 aromatic rings. The van der Waals surface area contributed by atoms with Gasteiger partial charge in [-0.1, -0.05) is 44.2 Å². The molecule has 0 aliphatic carbocycles. The lowest BCUT2D eigenvalue weighted by Crippen LogP contribution is -2.37. The first-order valence-corrected chi connectivity index (χ1v) is 5.79. The largest absolute Gasteiger partial charge is 0.390 e. The van der Waals surface area contributed by atoms with Crippen LogP contribution in [-0.4, -0.2) is 23.9 Å². The first kappa shape index (κ1) is 13.2. The van der Waals surface area contributed by atoms with Crippen molar-refractivity contribution in [2.45, 2.75) is 45.3 Å². The van der Waals surface area contributed by atoms with Gasteiger partial charge in [-0.25, -0.2) is 0 Å². The zero-order chi connectivity index (χ0) is 12.2. The van der Waals surface area contributed by atoms with Crippen molar-refractivity contribution in [1.29, 1.82) is 0 Å². The maximum atomic E-state index is 10.2. The van der Waals surface area contributed by atoms with Gasteiger partial charge in [-0.2, -0.15) is 0 Å². The van der Waals surface area contributed by atoms with Crippen molar-refractivity contribution < 1.29 is 9.84 Å². The van der Waals surface area contributed by atoms with E-state index in [9.17, 15) is 5.11 Å². The molecule has 0 aliphatic rings. The van der Waals surface area contributed by atoms with E-state index in [4.69, 9.17) is 4.74 Å². The molecule has 0 radical (unpaired) electrons. The Kier molecular flexibility index (Phi) is 4.51. The summed E-state index contributed by atoms with van der Waals surface area (Å²) in [6.07, 6.45) is -0.335. The monoisotopic (exact) mass is 222 g/mol. The van der Waals surface area contributed by atoms with Gasteiger partial charge in [0.25, 0.3) is 0 Å². The Morgan fingerprint density at radius 1 is 1.19 bits per heavy atom. The van der Waals surface area contributed by atoms with Crippen LogP contribution < -0.4 is 0 Å². The van der Waals surface area contributed by atoms with Crippen LogP contribution in [0.2, 0.25) is 0 Å². The van der Waals surface area contributed by atoms with Crippen molar-refractivity contribution in [2.75, 3.05) is 6.61 Å². The predicted octanol–water partition coefficient (Wildman–Crippen LogP) is 2.75. The molecule has 0 bridgehead atoms. The lowest BCUT2D eigenvalue weighted by Gasteiger charge is -2.31. The highest BCUT2D eigenvalue weighted by Crippen LogP contribution is 2.27. The Balaban J connectivity index is 2.69. The van der Waals surface area contributed by atoms with E-state index in [1.165, 1.54) is 0 Å². The second-order valence-electron chi connectivity index (χ2n) is 4.99. The second kappa shape index (κ2) is 5.46. The zero-order valence-corrected chi connectivity index (χ0v) is 10.6. The van der Waals surface area contributed by atoms with Crippen molar-refractivity contribution >= 4 is 0 Å². The molecule has 0 aliphatic heterocycles. The molecule has 2 heteroatoms. The normalized spacial score (nSPS) is 14.1. The average molecular weight is 222 g/mol. The van der Waals surface area contributed by atoms with Gasteiger partial charge < -0.3 is 9.84 Å². The van der Waals surface area contributed by atoms with Crippen LogP contribution in [0.4, 0.5) is 0 Å². The van der Waals surface area contributed by atoms with Gasteiger partial charge in [-0.15, -0.1) is 0 Å². The average Bonchev–Trinajstić information content (AvgIpc) is 2.27. The Hall–Kier alpha value is -0.860. The SMILES string of the molecule is CC(C)OCC(O)C(C)(C)c1ccccc1. The standard InChI is InChI=1S/C14H22O2/c1-11(2)16-10-13(15)14(3,4)12-8-6-5-7-9-12/h5-9,11,13,15H,10H2,1-4H3. The molecule has 0 aromatic heterocycles. The van der Waals surface area contributed by atoms with Crippen LogP contribution >= 0.6 is 0 Å². The van der Waals surface area contributed by atoms with Gasteiger partial charge in [0.05, 0.1) is 18.8 Å². The zero-order valence-electron chi connectivity index (χ0n) is 10.6. The van der Waals surface area contributed by atoms with E-state index in [-0.39, 0.29) is 11.5 Å². The molecular formula is C14H22O2. The van der Waals surface area contributed by atoms with Gasteiger partial charge in [0, 0.05) is 5.41 Å². The fourth-order valence-corrected chi connectivity index (χ4v) is 1.55. The van der Waals surface area contributed by atoms with Crippen LogP contribution in [0.1, 0.15) is 33.3 Å². The first-order chi connectivity index (χ1) is 7.44. The molecule has 2 nitrogen and oxygen atoms in total. The van der Waals surface area contributed by atoms with Gasteiger partial charge >= 0.3 is 0 Å². The number of aliphatic hydroxyl groups excluding tert-OH is 1. The van der Waals surface area contributed by atoms with Gasteiger partial charge in [-0.05, 0) is 19.4 Å². The van der Waals surface area contributed by atoms with Crippen LogP contribution in [-0.2, 0) is 10.2 Å². The number of rotatable bonds is 5. The van der Waals surface area contributed by atoms with Crippen molar-refractivity contribution in [1.82, 2.24) is 0 Å². The van der Waals surface area contributed by atoms with Crippen LogP contribution in [0, 0.1) is 0 Å². The van der Waals surface area contributed by atoms with Crippen molar-refractivity contribution in [2.24, 2.45) is 0 Å². The molecule has 1 atom stereocenters. The van der Waals surface area contributed by atoms with Gasteiger partial charge in [0.1, 0.15) is 0 Å². The molecule has 0 saturated carbocycles. The van der Waals surface area contributed by atoms with Crippen LogP contribution in [0.5, 0.6) is 0 Å². The molecular weight excluding hydrogens is 200 g/mol. The van der Waals surface area contributed by atoms with E-state index in [1.807, 2.05) is 58.0 Å². The summed E-state index contributed by atoms with van der Waals surface area (Å²) in [4.78, 5) is 0. The molecule has 1 aromatic carbocycles. The highest BCUT2D eigenvalue weighted by atomic mass is 16.5. The Morgan fingerprint density at radius 2 is 1.75 bits per heavy atom. The topological polar surface area (TPSA) is 29.5 Å². The number of benzene rings is 1. The van der Waals surface area contributed by atoms with Gasteiger partial charge in [-0.3, -0.25) is 0 Å². The Bertz CT molecular complexity index is 304. The molecule has 1 unspecified atom stereocenters. The minimum atomic E-state index is -0.489. The molecule has 16 heavy (non-hydrogen) atoms. The number of ether oxygens (including phenoxy) is 1. The van der Waals surface area contributed by atoms with Gasteiger partial charge in [0.2, 0.25) is 0 Å². The summed E-state index contributed by atoms with van der Waals surface area (Å²) in [5, 5.41) is 10.2.